The molecule has 1 aromatic carbocycles. The lowest BCUT2D eigenvalue weighted by molar-refractivity contribution is 0.0956. The maximum Gasteiger partial charge on any atom is 0.252 e. The van der Waals surface area contributed by atoms with Gasteiger partial charge >= 0.3 is 0 Å². The first-order chi connectivity index (χ1) is 7.81. The molecule has 0 atom stereocenters. The van der Waals surface area contributed by atoms with Crippen LogP contribution in [0, 0.1) is 0 Å². The van der Waals surface area contributed by atoms with E-state index in [4.69, 9.17) is 11.6 Å². The fourth-order valence-electron chi connectivity index (χ4n) is 1.12. The summed E-state index contributed by atoms with van der Waals surface area (Å²) in [6.07, 6.45) is 1.12. The van der Waals surface area contributed by atoms with Crippen molar-refractivity contribution >= 4 is 43.3 Å². The Bertz CT molecular complexity index is 530. The molecule has 4 nitrogen and oxygen atoms in total. The molecular weight excluding hydrogens is 330 g/mol. The van der Waals surface area contributed by atoms with E-state index in [1.807, 2.05) is 0 Å². The summed E-state index contributed by atoms with van der Waals surface area (Å²) >= 11 is 9.14. The molecule has 1 amide bonds. The van der Waals surface area contributed by atoms with Gasteiger partial charge in [0.25, 0.3) is 5.91 Å². The predicted molar refractivity (Wildman–Crippen MR) is 71.2 cm³/mol. The second-order valence-electron chi connectivity index (χ2n) is 3.49. The number of carbonyl (C=O) groups is 1. The Morgan fingerprint density at radius 3 is 2.71 bits per heavy atom. The van der Waals surface area contributed by atoms with E-state index in [9.17, 15) is 13.2 Å². The molecule has 1 rings (SSSR count). The van der Waals surface area contributed by atoms with E-state index in [2.05, 4.69) is 21.2 Å². The molecular formula is C10H11BrClNO3S. The second kappa shape index (κ2) is 5.84. The summed E-state index contributed by atoms with van der Waals surface area (Å²) in [4.78, 5) is 11.7. The monoisotopic (exact) mass is 339 g/mol. The highest BCUT2D eigenvalue weighted by molar-refractivity contribution is 9.10. The van der Waals surface area contributed by atoms with Crippen molar-refractivity contribution in [2.75, 3.05) is 18.6 Å². The highest BCUT2D eigenvalue weighted by Gasteiger charge is 2.12. The van der Waals surface area contributed by atoms with Crippen LogP contribution >= 0.6 is 27.5 Å². The minimum Gasteiger partial charge on any atom is -0.351 e. The van der Waals surface area contributed by atoms with E-state index < -0.39 is 9.84 Å². The maximum absolute atomic E-state index is 11.7. The molecule has 0 radical (unpaired) electrons. The van der Waals surface area contributed by atoms with Gasteiger partial charge in [-0.15, -0.1) is 0 Å². The Labute approximate surface area is 113 Å². The number of rotatable bonds is 4. The van der Waals surface area contributed by atoms with Crippen molar-refractivity contribution in [3.63, 3.8) is 0 Å². The van der Waals surface area contributed by atoms with Gasteiger partial charge in [-0.3, -0.25) is 4.79 Å². The Kier molecular flexibility index (Phi) is 4.97. The van der Waals surface area contributed by atoms with Crippen LogP contribution in [-0.4, -0.2) is 32.9 Å². The summed E-state index contributed by atoms with van der Waals surface area (Å²) in [6.45, 7) is 0.0699. The molecule has 0 aliphatic heterocycles. The third-order valence-electron chi connectivity index (χ3n) is 1.95. The Morgan fingerprint density at radius 1 is 1.47 bits per heavy atom. The van der Waals surface area contributed by atoms with E-state index >= 15 is 0 Å². The Balaban J connectivity index is 2.68. The number of nitrogens with one attached hydrogen (secondary N) is 1. The number of carbonyl (C=O) groups excluding carboxylic acids is 1. The summed E-state index contributed by atoms with van der Waals surface area (Å²) in [5.41, 5.74) is 0.314. The van der Waals surface area contributed by atoms with Crippen LogP contribution in [-0.2, 0) is 9.84 Å². The van der Waals surface area contributed by atoms with Crippen molar-refractivity contribution < 1.29 is 13.2 Å². The van der Waals surface area contributed by atoms with Crippen LogP contribution in [0.4, 0.5) is 0 Å². The van der Waals surface area contributed by atoms with Crippen LogP contribution in [0.5, 0.6) is 0 Å². The van der Waals surface area contributed by atoms with Crippen LogP contribution in [0.3, 0.4) is 0 Å². The SMILES string of the molecule is CS(=O)(=O)CCNC(=O)c1cccc(Br)c1Cl. The van der Waals surface area contributed by atoms with Crippen molar-refractivity contribution in [3.05, 3.63) is 33.3 Å². The van der Waals surface area contributed by atoms with E-state index in [1.54, 1.807) is 18.2 Å². The highest BCUT2D eigenvalue weighted by Crippen LogP contribution is 2.25. The second-order valence-corrected chi connectivity index (χ2v) is 6.98. The van der Waals surface area contributed by atoms with Crippen molar-refractivity contribution in [2.45, 2.75) is 0 Å². The van der Waals surface area contributed by atoms with Gasteiger partial charge in [0, 0.05) is 17.3 Å². The highest BCUT2D eigenvalue weighted by atomic mass is 79.9. The first kappa shape index (κ1) is 14.5. The minimum absolute atomic E-state index is 0.0699. The fraction of sp³-hybridized carbons (Fsp3) is 0.300. The molecule has 0 aliphatic carbocycles. The molecule has 0 aromatic heterocycles. The summed E-state index contributed by atoms with van der Waals surface area (Å²) in [5, 5.41) is 2.81. The summed E-state index contributed by atoms with van der Waals surface area (Å²) in [7, 11) is -3.08. The van der Waals surface area contributed by atoms with Gasteiger partial charge in [0.05, 0.1) is 16.3 Å². The zero-order chi connectivity index (χ0) is 13.1. The summed E-state index contributed by atoms with van der Waals surface area (Å²) in [6, 6.07) is 4.97. The first-order valence-corrected chi connectivity index (χ1v) is 7.94. The number of benzene rings is 1. The van der Waals surface area contributed by atoms with Crippen LogP contribution < -0.4 is 5.32 Å². The van der Waals surface area contributed by atoms with E-state index in [1.165, 1.54) is 0 Å². The van der Waals surface area contributed by atoms with Gasteiger partial charge in [0.1, 0.15) is 9.84 Å². The van der Waals surface area contributed by atoms with E-state index in [-0.39, 0.29) is 18.2 Å². The molecule has 0 spiro atoms. The van der Waals surface area contributed by atoms with Crippen molar-refractivity contribution in [2.24, 2.45) is 0 Å². The van der Waals surface area contributed by atoms with Gasteiger partial charge in [-0.05, 0) is 28.1 Å². The molecule has 17 heavy (non-hydrogen) atoms. The molecule has 0 unspecified atom stereocenters. The lowest BCUT2D eigenvalue weighted by Gasteiger charge is -2.06. The van der Waals surface area contributed by atoms with Crippen LogP contribution in [0.15, 0.2) is 22.7 Å². The molecule has 1 N–H and O–H groups in total. The number of amides is 1. The Morgan fingerprint density at radius 2 is 2.12 bits per heavy atom. The van der Waals surface area contributed by atoms with E-state index in [0.717, 1.165) is 6.26 Å². The van der Waals surface area contributed by atoms with E-state index in [0.29, 0.717) is 15.1 Å². The lowest BCUT2D eigenvalue weighted by atomic mass is 10.2. The number of hydrogen-bond donors (Lipinski definition) is 1. The van der Waals surface area contributed by atoms with Gasteiger partial charge in [0.2, 0.25) is 0 Å². The molecule has 94 valence electrons. The van der Waals surface area contributed by atoms with Gasteiger partial charge < -0.3 is 5.32 Å². The average Bonchev–Trinajstić information content (AvgIpc) is 2.20. The minimum atomic E-state index is -3.08. The molecule has 0 saturated carbocycles. The zero-order valence-corrected chi connectivity index (χ0v) is 12.2. The molecule has 0 saturated heterocycles. The van der Waals surface area contributed by atoms with Gasteiger partial charge in [-0.2, -0.15) is 0 Å². The topological polar surface area (TPSA) is 63.2 Å². The molecule has 0 bridgehead atoms. The number of sulfone groups is 1. The largest absolute Gasteiger partial charge is 0.351 e. The van der Waals surface area contributed by atoms with Gasteiger partial charge in [-0.1, -0.05) is 17.7 Å². The fourth-order valence-corrected chi connectivity index (χ4v) is 2.18. The quantitative estimate of drug-likeness (QED) is 0.910. The predicted octanol–water partition coefficient (Wildman–Crippen LogP) is 1.88. The molecule has 7 heteroatoms. The lowest BCUT2D eigenvalue weighted by Crippen LogP contribution is -2.29. The smallest absolute Gasteiger partial charge is 0.252 e. The van der Waals surface area contributed by atoms with Gasteiger partial charge in [-0.25, -0.2) is 8.42 Å². The third-order valence-corrected chi connectivity index (χ3v) is 4.20. The maximum atomic E-state index is 11.7. The molecule has 0 fully saturated rings. The molecule has 0 aliphatic rings. The van der Waals surface area contributed by atoms with Crippen molar-refractivity contribution in [1.29, 1.82) is 0 Å². The van der Waals surface area contributed by atoms with Gasteiger partial charge in [0.15, 0.2) is 0 Å². The third kappa shape index (κ3) is 4.65. The summed E-state index contributed by atoms with van der Waals surface area (Å²) in [5.74, 6) is -0.482. The Hall–Kier alpha value is -0.590. The van der Waals surface area contributed by atoms with Crippen LogP contribution in [0.25, 0.3) is 0 Å². The van der Waals surface area contributed by atoms with Crippen molar-refractivity contribution in [3.8, 4) is 0 Å². The van der Waals surface area contributed by atoms with Crippen LogP contribution in [0.1, 0.15) is 10.4 Å². The van der Waals surface area contributed by atoms with Crippen LogP contribution in [0.2, 0.25) is 5.02 Å². The zero-order valence-electron chi connectivity index (χ0n) is 9.04. The molecule has 0 heterocycles. The number of hydrogen-bond acceptors (Lipinski definition) is 3. The van der Waals surface area contributed by atoms with Crippen molar-refractivity contribution in [1.82, 2.24) is 5.32 Å². The standard InChI is InChI=1S/C10H11BrClNO3S/c1-17(15,16)6-5-13-10(14)7-3-2-4-8(11)9(7)12/h2-4H,5-6H2,1H3,(H,13,14). The normalized spacial score (nSPS) is 11.2. The number of halogens is 2. The first-order valence-electron chi connectivity index (χ1n) is 4.71. The average molecular weight is 341 g/mol. The molecule has 1 aromatic rings. The summed E-state index contributed by atoms with van der Waals surface area (Å²) < 4.78 is 22.4.